The number of carbonyl (C=O) groups is 2. The maximum atomic E-state index is 12.2. The molecule has 0 atom stereocenters. The third-order valence-electron chi connectivity index (χ3n) is 4.02. The fourth-order valence-electron chi connectivity index (χ4n) is 2.85. The second-order valence-electron chi connectivity index (χ2n) is 6.05. The zero-order valence-corrected chi connectivity index (χ0v) is 14.9. The number of ether oxygens (including phenoxy) is 2. The molecular formula is C20H20N2O4. The van der Waals surface area contributed by atoms with Gasteiger partial charge in [0.2, 0.25) is 0 Å². The largest absolute Gasteiger partial charge is 0.495 e. The van der Waals surface area contributed by atoms with E-state index in [0.717, 1.165) is 22.0 Å². The second kappa shape index (κ2) is 7.31. The van der Waals surface area contributed by atoms with Crippen molar-refractivity contribution in [1.82, 2.24) is 4.98 Å². The molecule has 2 N–H and O–H groups in total. The number of rotatable bonds is 5. The summed E-state index contributed by atoms with van der Waals surface area (Å²) in [5.41, 5.74) is 3.89. The van der Waals surface area contributed by atoms with E-state index >= 15 is 0 Å². The van der Waals surface area contributed by atoms with E-state index in [9.17, 15) is 9.59 Å². The number of aromatic nitrogens is 1. The van der Waals surface area contributed by atoms with E-state index in [1.54, 1.807) is 30.3 Å². The highest BCUT2D eigenvalue weighted by molar-refractivity contribution is 5.98. The topological polar surface area (TPSA) is 80.4 Å². The zero-order valence-electron chi connectivity index (χ0n) is 14.9. The molecule has 0 unspecified atom stereocenters. The number of fused-ring (bicyclic) bond motifs is 1. The Hall–Kier alpha value is -3.28. The summed E-state index contributed by atoms with van der Waals surface area (Å²) in [6.07, 6.45) is 0. The molecule has 6 heteroatoms. The number of aromatic amines is 1. The van der Waals surface area contributed by atoms with Gasteiger partial charge in [0.1, 0.15) is 11.4 Å². The number of carbonyl (C=O) groups excluding carboxylic acids is 2. The van der Waals surface area contributed by atoms with Crippen molar-refractivity contribution >= 4 is 28.5 Å². The minimum Gasteiger partial charge on any atom is -0.495 e. The van der Waals surface area contributed by atoms with Crippen molar-refractivity contribution in [2.45, 2.75) is 13.8 Å². The first-order valence-corrected chi connectivity index (χ1v) is 8.18. The van der Waals surface area contributed by atoms with Crippen LogP contribution >= 0.6 is 0 Å². The fraction of sp³-hybridized carbons (Fsp3) is 0.200. The van der Waals surface area contributed by atoms with Crippen LogP contribution in [0.2, 0.25) is 0 Å². The van der Waals surface area contributed by atoms with Crippen molar-refractivity contribution < 1.29 is 19.1 Å². The van der Waals surface area contributed by atoms with Gasteiger partial charge in [-0.1, -0.05) is 18.2 Å². The molecule has 0 saturated carbocycles. The number of para-hydroxylation sites is 2. The quantitative estimate of drug-likeness (QED) is 0.688. The molecule has 0 saturated heterocycles. The van der Waals surface area contributed by atoms with E-state index in [-0.39, 0.29) is 6.61 Å². The average molecular weight is 352 g/mol. The first-order valence-electron chi connectivity index (χ1n) is 8.18. The molecule has 1 amide bonds. The van der Waals surface area contributed by atoms with Crippen molar-refractivity contribution in [3.05, 3.63) is 59.3 Å². The first kappa shape index (κ1) is 17.5. The van der Waals surface area contributed by atoms with Crippen molar-refractivity contribution in [1.29, 1.82) is 0 Å². The Morgan fingerprint density at radius 1 is 1.12 bits per heavy atom. The summed E-state index contributed by atoms with van der Waals surface area (Å²) >= 11 is 0. The maximum Gasteiger partial charge on any atom is 0.355 e. The molecule has 134 valence electrons. The van der Waals surface area contributed by atoms with Gasteiger partial charge in [-0.2, -0.15) is 0 Å². The maximum absolute atomic E-state index is 12.2. The Labute approximate surface area is 151 Å². The molecule has 0 radical (unpaired) electrons. The standard InChI is InChI=1S/C20H20N2O4/c1-12-8-13(2)14-10-17(21-16(14)9-12)20(24)26-11-19(23)22-15-6-4-5-7-18(15)25-3/h4-10,21H,11H2,1-3H3,(H,22,23). The molecule has 26 heavy (non-hydrogen) atoms. The lowest BCUT2D eigenvalue weighted by atomic mass is 10.1. The summed E-state index contributed by atoms with van der Waals surface area (Å²) < 4.78 is 10.3. The van der Waals surface area contributed by atoms with E-state index in [2.05, 4.69) is 10.3 Å². The third kappa shape index (κ3) is 3.69. The Morgan fingerprint density at radius 3 is 2.65 bits per heavy atom. The number of nitrogens with one attached hydrogen (secondary N) is 2. The predicted molar refractivity (Wildman–Crippen MR) is 99.7 cm³/mol. The number of amides is 1. The molecule has 2 aromatic carbocycles. The average Bonchev–Trinajstić information content (AvgIpc) is 3.04. The van der Waals surface area contributed by atoms with Crippen LogP contribution in [-0.4, -0.2) is 30.6 Å². The predicted octanol–water partition coefficient (Wildman–Crippen LogP) is 3.59. The Balaban J connectivity index is 1.65. The van der Waals surface area contributed by atoms with Crippen LogP contribution in [0.1, 0.15) is 21.6 Å². The highest BCUT2D eigenvalue weighted by atomic mass is 16.5. The molecule has 0 aliphatic rings. The second-order valence-corrected chi connectivity index (χ2v) is 6.05. The van der Waals surface area contributed by atoms with Crippen LogP contribution in [0.5, 0.6) is 5.75 Å². The summed E-state index contributed by atoms with van der Waals surface area (Å²) in [7, 11) is 1.52. The third-order valence-corrected chi connectivity index (χ3v) is 4.02. The van der Waals surface area contributed by atoms with Crippen LogP contribution in [0.4, 0.5) is 5.69 Å². The van der Waals surface area contributed by atoms with Crippen molar-refractivity contribution in [3.63, 3.8) is 0 Å². The Morgan fingerprint density at radius 2 is 1.88 bits per heavy atom. The minimum absolute atomic E-state index is 0.318. The van der Waals surface area contributed by atoms with Crippen LogP contribution in [0, 0.1) is 13.8 Å². The number of benzene rings is 2. The molecular weight excluding hydrogens is 332 g/mol. The molecule has 0 aliphatic heterocycles. The number of anilines is 1. The molecule has 0 fully saturated rings. The van der Waals surface area contributed by atoms with Crippen molar-refractivity contribution in [3.8, 4) is 5.75 Å². The van der Waals surface area contributed by atoms with Crippen LogP contribution in [-0.2, 0) is 9.53 Å². The van der Waals surface area contributed by atoms with E-state index in [4.69, 9.17) is 9.47 Å². The summed E-state index contributed by atoms with van der Waals surface area (Å²) in [6, 6.07) is 12.8. The number of methoxy groups -OCH3 is 1. The van der Waals surface area contributed by atoms with Gasteiger partial charge in [-0.15, -0.1) is 0 Å². The number of esters is 1. The number of H-pyrrole nitrogens is 1. The van der Waals surface area contributed by atoms with Gasteiger partial charge < -0.3 is 19.8 Å². The van der Waals surface area contributed by atoms with Gasteiger partial charge in [-0.3, -0.25) is 4.79 Å². The van der Waals surface area contributed by atoms with Crippen LogP contribution in [0.3, 0.4) is 0 Å². The van der Waals surface area contributed by atoms with Gasteiger partial charge >= 0.3 is 5.97 Å². The molecule has 0 spiro atoms. The molecule has 6 nitrogen and oxygen atoms in total. The molecule has 3 rings (SSSR count). The summed E-state index contributed by atoms with van der Waals surface area (Å²) in [4.78, 5) is 27.3. The smallest absolute Gasteiger partial charge is 0.355 e. The van der Waals surface area contributed by atoms with Gasteiger partial charge in [0, 0.05) is 10.9 Å². The monoisotopic (exact) mass is 352 g/mol. The molecule has 1 aromatic heterocycles. The number of hydrogen-bond acceptors (Lipinski definition) is 4. The zero-order chi connectivity index (χ0) is 18.7. The van der Waals surface area contributed by atoms with Gasteiger partial charge in [0.15, 0.2) is 6.61 Å². The lowest BCUT2D eigenvalue weighted by molar-refractivity contribution is -0.119. The molecule has 0 aliphatic carbocycles. The number of aryl methyl sites for hydroxylation is 2. The van der Waals surface area contributed by atoms with Crippen LogP contribution in [0.15, 0.2) is 42.5 Å². The molecule has 3 aromatic rings. The SMILES string of the molecule is COc1ccccc1NC(=O)COC(=O)c1cc2c(C)cc(C)cc2[nH]1. The normalized spacial score (nSPS) is 10.6. The van der Waals surface area contributed by atoms with Gasteiger partial charge in [-0.05, 0) is 49.2 Å². The number of hydrogen-bond donors (Lipinski definition) is 2. The Kier molecular flexibility index (Phi) is 4.93. The van der Waals surface area contributed by atoms with Gasteiger partial charge in [0.25, 0.3) is 5.91 Å². The van der Waals surface area contributed by atoms with Crippen molar-refractivity contribution in [2.75, 3.05) is 19.0 Å². The van der Waals surface area contributed by atoms with E-state index in [0.29, 0.717) is 17.1 Å². The summed E-state index contributed by atoms with van der Waals surface area (Å²) in [5.74, 6) is -0.479. The van der Waals surface area contributed by atoms with E-state index < -0.39 is 11.9 Å². The van der Waals surface area contributed by atoms with Gasteiger partial charge in [0.05, 0.1) is 12.8 Å². The van der Waals surface area contributed by atoms with Crippen LogP contribution in [0.25, 0.3) is 10.9 Å². The van der Waals surface area contributed by atoms with Crippen molar-refractivity contribution in [2.24, 2.45) is 0 Å². The highest BCUT2D eigenvalue weighted by Gasteiger charge is 2.15. The van der Waals surface area contributed by atoms with E-state index in [1.807, 2.05) is 26.0 Å². The van der Waals surface area contributed by atoms with Crippen LogP contribution < -0.4 is 10.1 Å². The highest BCUT2D eigenvalue weighted by Crippen LogP contribution is 2.23. The molecule has 0 bridgehead atoms. The first-order chi connectivity index (χ1) is 12.5. The lowest BCUT2D eigenvalue weighted by Crippen LogP contribution is -2.21. The van der Waals surface area contributed by atoms with E-state index in [1.165, 1.54) is 7.11 Å². The molecule has 1 heterocycles. The summed E-state index contributed by atoms with van der Waals surface area (Å²) in [6.45, 7) is 3.59. The van der Waals surface area contributed by atoms with Gasteiger partial charge in [-0.25, -0.2) is 4.79 Å². The minimum atomic E-state index is -0.576. The fourth-order valence-corrected chi connectivity index (χ4v) is 2.85. The lowest BCUT2D eigenvalue weighted by Gasteiger charge is -2.09. The summed E-state index contributed by atoms with van der Waals surface area (Å²) in [5, 5.41) is 3.62. The Bertz CT molecular complexity index is 975.